The van der Waals surface area contributed by atoms with E-state index >= 15 is 0 Å². The standard InChI is InChI=1S/C22H38OS2/c1-3-5-7-9-11-13-15-19-17-21(19)24-23-25-22-18-20(22)16-14-12-10-8-6-4-2/h3-18H2,1-2H3. The van der Waals surface area contributed by atoms with Crippen LogP contribution >= 0.6 is 24.1 Å². The fourth-order valence-corrected chi connectivity index (χ4v) is 4.97. The summed E-state index contributed by atoms with van der Waals surface area (Å²) in [5.41, 5.74) is 3.33. The Kier molecular flexibility index (Phi) is 11.4. The fraction of sp³-hybridized carbons (Fsp3) is 0.818. The molecule has 0 radical (unpaired) electrons. The van der Waals surface area contributed by atoms with Crippen molar-refractivity contribution in [2.75, 3.05) is 0 Å². The van der Waals surface area contributed by atoms with Crippen molar-refractivity contribution in [2.45, 2.75) is 117 Å². The van der Waals surface area contributed by atoms with Crippen LogP contribution in [0.25, 0.3) is 0 Å². The zero-order valence-corrected chi connectivity index (χ0v) is 18.2. The highest BCUT2D eigenvalue weighted by molar-refractivity contribution is 8.11. The van der Waals surface area contributed by atoms with E-state index in [1.807, 2.05) is 0 Å². The molecule has 0 unspecified atom stereocenters. The van der Waals surface area contributed by atoms with E-state index in [1.165, 1.54) is 113 Å². The van der Waals surface area contributed by atoms with Gasteiger partial charge in [0.15, 0.2) is 0 Å². The lowest BCUT2D eigenvalue weighted by molar-refractivity contribution is 0.608. The van der Waals surface area contributed by atoms with Gasteiger partial charge in [0.05, 0.1) is 0 Å². The van der Waals surface area contributed by atoms with E-state index in [1.54, 1.807) is 35.2 Å². The number of unbranched alkanes of at least 4 members (excludes halogenated alkanes) is 10. The maximum absolute atomic E-state index is 5.78. The summed E-state index contributed by atoms with van der Waals surface area (Å²) >= 11 is 3.28. The second-order valence-corrected chi connectivity index (χ2v) is 9.54. The fourth-order valence-electron chi connectivity index (χ4n) is 3.27. The lowest BCUT2D eigenvalue weighted by Gasteiger charge is -1.97. The molecule has 0 saturated heterocycles. The minimum absolute atomic E-state index is 1.23. The molecule has 0 bridgehead atoms. The van der Waals surface area contributed by atoms with E-state index in [4.69, 9.17) is 3.63 Å². The highest BCUT2D eigenvalue weighted by Crippen LogP contribution is 2.50. The van der Waals surface area contributed by atoms with Crippen molar-refractivity contribution in [3.05, 3.63) is 21.0 Å². The van der Waals surface area contributed by atoms with Crippen LogP contribution in [0.1, 0.15) is 117 Å². The first-order chi connectivity index (χ1) is 12.3. The summed E-state index contributed by atoms with van der Waals surface area (Å²) in [5.74, 6) is 0. The van der Waals surface area contributed by atoms with E-state index in [-0.39, 0.29) is 0 Å². The molecule has 2 aliphatic carbocycles. The monoisotopic (exact) mass is 382 g/mol. The molecule has 144 valence electrons. The van der Waals surface area contributed by atoms with Crippen LogP contribution in [0, 0.1) is 0 Å². The third-order valence-corrected chi connectivity index (χ3v) is 7.03. The molecule has 0 aliphatic heterocycles. The van der Waals surface area contributed by atoms with E-state index in [0.717, 1.165) is 0 Å². The summed E-state index contributed by atoms with van der Waals surface area (Å²) in [7, 11) is 0. The normalized spacial score (nSPS) is 16.1. The molecule has 0 spiro atoms. The second-order valence-electron chi connectivity index (χ2n) is 7.68. The topological polar surface area (TPSA) is 9.23 Å². The first-order valence-electron chi connectivity index (χ1n) is 10.8. The van der Waals surface area contributed by atoms with E-state index in [2.05, 4.69) is 13.8 Å². The average Bonchev–Trinajstić information content (AvgIpc) is 3.52. The van der Waals surface area contributed by atoms with Crippen molar-refractivity contribution < 1.29 is 3.63 Å². The molecule has 0 fully saturated rings. The van der Waals surface area contributed by atoms with Crippen molar-refractivity contribution >= 4 is 24.1 Å². The van der Waals surface area contributed by atoms with Crippen molar-refractivity contribution in [1.29, 1.82) is 0 Å². The van der Waals surface area contributed by atoms with Gasteiger partial charge in [0, 0.05) is 46.7 Å². The van der Waals surface area contributed by atoms with E-state index in [9.17, 15) is 0 Å². The highest BCUT2D eigenvalue weighted by Gasteiger charge is 2.25. The largest absolute Gasteiger partial charge is 0.238 e. The lowest BCUT2D eigenvalue weighted by Crippen LogP contribution is -1.78. The molecular weight excluding hydrogens is 344 g/mol. The van der Waals surface area contributed by atoms with Gasteiger partial charge < -0.3 is 0 Å². The van der Waals surface area contributed by atoms with Crippen LogP contribution in [0.2, 0.25) is 0 Å². The summed E-state index contributed by atoms with van der Waals surface area (Å²) < 4.78 is 5.78. The Morgan fingerprint density at radius 3 is 1.44 bits per heavy atom. The smallest absolute Gasteiger partial charge is 0.0406 e. The zero-order chi connectivity index (χ0) is 17.7. The maximum Gasteiger partial charge on any atom is 0.0406 e. The van der Waals surface area contributed by atoms with Gasteiger partial charge >= 0.3 is 0 Å². The summed E-state index contributed by atoms with van der Waals surface area (Å²) in [4.78, 5) is 3.03. The van der Waals surface area contributed by atoms with Crippen LogP contribution in [-0.4, -0.2) is 0 Å². The Morgan fingerprint density at radius 1 is 0.600 bits per heavy atom. The molecule has 0 amide bonds. The molecule has 1 nitrogen and oxygen atoms in total. The van der Waals surface area contributed by atoms with Gasteiger partial charge in [0.1, 0.15) is 0 Å². The van der Waals surface area contributed by atoms with Gasteiger partial charge in [-0.25, -0.2) is 3.63 Å². The molecule has 0 aromatic heterocycles. The minimum Gasteiger partial charge on any atom is -0.238 e. The van der Waals surface area contributed by atoms with Crippen LogP contribution in [-0.2, 0) is 3.63 Å². The third kappa shape index (κ3) is 10.2. The predicted octanol–water partition coefficient (Wildman–Crippen LogP) is 9.12. The Morgan fingerprint density at radius 2 is 1.00 bits per heavy atom. The minimum atomic E-state index is 1.23. The first-order valence-corrected chi connectivity index (χ1v) is 12.3. The molecule has 2 aliphatic rings. The molecule has 0 aromatic rings. The number of allylic oxidation sites excluding steroid dienone is 4. The quantitative estimate of drug-likeness (QED) is 0.173. The Labute approximate surface area is 165 Å². The first kappa shape index (κ1) is 21.4. The zero-order valence-electron chi connectivity index (χ0n) is 16.5. The van der Waals surface area contributed by atoms with Crippen molar-refractivity contribution in [2.24, 2.45) is 0 Å². The Bertz CT molecular complexity index is 399. The average molecular weight is 383 g/mol. The van der Waals surface area contributed by atoms with Gasteiger partial charge in [-0.1, -0.05) is 89.2 Å². The molecule has 0 aromatic carbocycles. The maximum atomic E-state index is 5.78. The molecule has 0 saturated carbocycles. The van der Waals surface area contributed by atoms with Crippen LogP contribution in [0.15, 0.2) is 21.0 Å². The van der Waals surface area contributed by atoms with Gasteiger partial charge in [-0.05, 0) is 25.7 Å². The van der Waals surface area contributed by atoms with Gasteiger partial charge in [-0.3, -0.25) is 0 Å². The second kappa shape index (κ2) is 13.3. The molecule has 2 rings (SSSR count). The Balaban J connectivity index is 1.40. The third-order valence-electron chi connectivity index (χ3n) is 5.22. The predicted molar refractivity (Wildman–Crippen MR) is 116 cm³/mol. The summed E-state index contributed by atoms with van der Waals surface area (Å²) in [6.45, 7) is 4.57. The summed E-state index contributed by atoms with van der Waals surface area (Å²) in [5, 5.41) is 0. The molecule has 0 atom stereocenters. The lowest BCUT2D eigenvalue weighted by atomic mass is 10.1. The SMILES string of the molecule is CCCCCCCCC1=C(SOSC2=C(CCCCCCCC)C2)C1. The molecule has 25 heavy (non-hydrogen) atoms. The Hall–Kier alpha value is 0.140. The van der Waals surface area contributed by atoms with Crippen molar-refractivity contribution in [1.82, 2.24) is 0 Å². The summed E-state index contributed by atoms with van der Waals surface area (Å²) in [6.07, 6.45) is 21.9. The van der Waals surface area contributed by atoms with Gasteiger partial charge in [-0.2, -0.15) is 0 Å². The van der Waals surface area contributed by atoms with Gasteiger partial charge in [0.2, 0.25) is 0 Å². The molecule has 0 heterocycles. The molecule has 0 N–H and O–H groups in total. The van der Waals surface area contributed by atoms with Crippen molar-refractivity contribution in [3.63, 3.8) is 0 Å². The molecule has 3 heteroatoms. The van der Waals surface area contributed by atoms with Crippen LogP contribution in [0.5, 0.6) is 0 Å². The molecular formula is C22H38OS2. The van der Waals surface area contributed by atoms with Crippen LogP contribution < -0.4 is 0 Å². The van der Waals surface area contributed by atoms with Gasteiger partial charge in [0.25, 0.3) is 0 Å². The number of hydrogen-bond donors (Lipinski definition) is 0. The summed E-state index contributed by atoms with van der Waals surface area (Å²) in [6, 6.07) is 0. The highest BCUT2D eigenvalue weighted by atomic mass is 32.2. The van der Waals surface area contributed by atoms with Crippen LogP contribution in [0.4, 0.5) is 0 Å². The van der Waals surface area contributed by atoms with E-state index in [0.29, 0.717) is 0 Å². The number of rotatable bonds is 18. The van der Waals surface area contributed by atoms with E-state index < -0.39 is 0 Å². The van der Waals surface area contributed by atoms with Gasteiger partial charge in [-0.15, -0.1) is 0 Å². The number of hydrogen-bond acceptors (Lipinski definition) is 3. The van der Waals surface area contributed by atoms with Crippen LogP contribution in [0.3, 0.4) is 0 Å². The van der Waals surface area contributed by atoms with Crippen molar-refractivity contribution in [3.8, 4) is 0 Å².